The van der Waals surface area contributed by atoms with Crippen LogP contribution in [-0.2, 0) is 35.2 Å². The Hall–Kier alpha value is -4.02. The zero-order valence-electron chi connectivity index (χ0n) is 21.8. The van der Waals surface area contributed by atoms with Crippen LogP contribution in [0.3, 0.4) is 0 Å². The second-order valence-electron chi connectivity index (χ2n) is 10.6. The van der Waals surface area contributed by atoms with Gasteiger partial charge in [0.25, 0.3) is 5.91 Å². The van der Waals surface area contributed by atoms with Gasteiger partial charge in [0.1, 0.15) is 11.1 Å². The Bertz CT molecular complexity index is 1620. The molecule has 0 saturated carbocycles. The van der Waals surface area contributed by atoms with E-state index in [0.29, 0.717) is 28.5 Å². The van der Waals surface area contributed by atoms with Crippen LogP contribution in [0, 0.1) is 17.2 Å². The van der Waals surface area contributed by atoms with Crippen molar-refractivity contribution in [2.75, 3.05) is 11.9 Å². The van der Waals surface area contributed by atoms with E-state index >= 15 is 0 Å². The van der Waals surface area contributed by atoms with Crippen molar-refractivity contribution < 1.29 is 14.3 Å². The molecule has 2 heterocycles. The zero-order chi connectivity index (χ0) is 26.9. The molecule has 2 atom stereocenters. The minimum atomic E-state index is -0.520. The number of hydrogen-bond acceptors (Lipinski definition) is 6. The van der Waals surface area contributed by atoms with Gasteiger partial charge < -0.3 is 10.1 Å². The summed E-state index contributed by atoms with van der Waals surface area (Å²) in [7, 11) is 0. The molecule has 196 valence electrons. The van der Waals surface area contributed by atoms with E-state index in [-0.39, 0.29) is 5.92 Å². The first-order valence-corrected chi connectivity index (χ1v) is 14.3. The molecule has 6 nitrogen and oxygen atoms in total. The van der Waals surface area contributed by atoms with Crippen LogP contribution in [0.4, 0.5) is 5.00 Å². The van der Waals surface area contributed by atoms with Crippen LogP contribution >= 0.6 is 11.3 Å². The molecule has 1 N–H and O–H groups in total. The first-order valence-electron chi connectivity index (χ1n) is 13.5. The normalized spacial score (nSPS) is 18.1. The molecule has 2 aromatic heterocycles. The number of ether oxygens (including phenoxy) is 1. The maximum Gasteiger partial charge on any atom is 0.339 e. The van der Waals surface area contributed by atoms with Crippen molar-refractivity contribution in [3.63, 3.8) is 0 Å². The predicted octanol–water partition coefficient (Wildman–Crippen LogP) is 6.36. The van der Waals surface area contributed by atoms with Gasteiger partial charge in [-0.15, -0.1) is 11.3 Å². The van der Waals surface area contributed by atoms with Crippen molar-refractivity contribution in [1.82, 2.24) is 4.98 Å². The molecule has 0 saturated heterocycles. The Morgan fingerprint density at radius 3 is 2.67 bits per heavy atom. The van der Waals surface area contributed by atoms with Crippen LogP contribution in [0.1, 0.15) is 68.9 Å². The number of amides is 1. The van der Waals surface area contributed by atoms with E-state index in [1.165, 1.54) is 21.8 Å². The number of benzene rings is 2. The van der Waals surface area contributed by atoms with Crippen molar-refractivity contribution in [1.29, 1.82) is 5.26 Å². The minimum Gasteiger partial charge on any atom is -0.452 e. The number of rotatable bonds is 5. The molecular formula is C32H29N3O3S. The van der Waals surface area contributed by atoms with E-state index in [9.17, 15) is 14.9 Å². The van der Waals surface area contributed by atoms with Gasteiger partial charge in [0.2, 0.25) is 0 Å². The van der Waals surface area contributed by atoms with Gasteiger partial charge in [0.05, 0.1) is 16.6 Å². The monoisotopic (exact) mass is 535 g/mol. The number of carbonyl (C=O) groups excluding carboxylic acids is 2. The summed E-state index contributed by atoms with van der Waals surface area (Å²) in [4.78, 5) is 32.5. The highest BCUT2D eigenvalue weighted by atomic mass is 32.1. The van der Waals surface area contributed by atoms with Gasteiger partial charge in [-0.25, -0.2) is 4.79 Å². The van der Waals surface area contributed by atoms with Crippen molar-refractivity contribution >= 4 is 39.1 Å². The Morgan fingerprint density at radius 1 is 1.05 bits per heavy atom. The molecule has 0 radical (unpaired) electrons. The fourth-order valence-corrected chi connectivity index (χ4v) is 7.33. The number of aromatic nitrogens is 1. The van der Waals surface area contributed by atoms with E-state index in [1.54, 1.807) is 0 Å². The van der Waals surface area contributed by atoms with Crippen molar-refractivity contribution in [2.45, 2.75) is 51.4 Å². The maximum absolute atomic E-state index is 13.6. The lowest BCUT2D eigenvalue weighted by atomic mass is 9.80. The Labute approximate surface area is 231 Å². The molecule has 7 heteroatoms. The van der Waals surface area contributed by atoms with Gasteiger partial charge in [-0.1, -0.05) is 55.5 Å². The molecule has 39 heavy (non-hydrogen) atoms. The van der Waals surface area contributed by atoms with E-state index < -0.39 is 18.5 Å². The Morgan fingerprint density at radius 2 is 1.85 bits per heavy atom. The van der Waals surface area contributed by atoms with Crippen molar-refractivity contribution in [3.8, 4) is 6.07 Å². The van der Waals surface area contributed by atoms with E-state index in [2.05, 4.69) is 30.4 Å². The number of fused-ring (bicyclic) bond motifs is 3. The maximum atomic E-state index is 13.6. The summed E-state index contributed by atoms with van der Waals surface area (Å²) in [5.41, 5.74) is 5.93. The molecule has 6 rings (SSSR count). The van der Waals surface area contributed by atoms with E-state index in [0.717, 1.165) is 59.8 Å². The van der Waals surface area contributed by atoms with Crippen LogP contribution in [0.15, 0.2) is 54.6 Å². The molecule has 0 spiro atoms. The Balaban J connectivity index is 1.24. The van der Waals surface area contributed by atoms with E-state index in [1.807, 2.05) is 42.5 Å². The van der Waals surface area contributed by atoms with Crippen LogP contribution in [0.2, 0.25) is 0 Å². The zero-order valence-corrected chi connectivity index (χ0v) is 22.6. The first-order chi connectivity index (χ1) is 19.0. The lowest BCUT2D eigenvalue weighted by Gasteiger charge is -2.26. The quantitative estimate of drug-likeness (QED) is 0.300. The molecule has 2 aromatic carbocycles. The number of hydrogen-bond donors (Lipinski definition) is 1. The number of anilines is 1. The summed E-state index contributed by atoms with van der Waals surface area (Å²) >= 11 is 1.46. The third kappa shape index (κ3) is 4.93. The van der Waals surface area contributed by atoms with Gasteiger partial charge in [-0.3, -0.25) is 9.78 Å². The number of aryl methyl sites for hydroxylation is 1. The fourth-order valence-electron chi connectivity index (χ4n) is 5.95. The largest absolute Gasteiger partial charge is 0.452 e. The molecular weight excluding hydrogens is 506 g/mol. The number of nitrogens with zero attached hydrogens (tertiary/aromatic N) is 2. The fraction of sp³-hybridized carbons (Fsp3) is 0.312. The van der Waals surface area contributed by atoms with Gasteiger partial charge >= 0.3 is 5.97 Å². The highest BCUT2D eigenvalue weighted by Gasteiger charge is 2.29. The summed E-state index contributed by atoms with van der Waals surface area (Å²) in [6.45, 7) is 1.78. The minimum absolute atomic E-state index is 0.286. The average molecular weight is 536 g/mol. The van der Waals surface area contributed by atoms with Gasteiger partial charge in [0, 0.05) is 16.0 Å². The SMILES string of the molecule is CC1CCc2c(sc(NC(=O)COC(=O)c3c4c(nc5ccccc35)CCC(c3ccccc3)C4)c2C#N)C1. The molecule has 2 aliphatic carbocycles. The van der Waals surface area contributed by atoms with Gasteiger partial charge in [-0.2, -0.15) is 5.26 Å². The summed E-state index contributed by atoms with van der Waals surface area (Å²) < 4.78 is 5.61. The number of carbonyl (C=O) groups is 2. The molecule has 0 bridgehead atoms. The molecule has 4 aromatic rings. The van der Waals surface area contributed by atoms with Crippen LogP contribution in [0.25, 0.3) is 10.9 Å². The summed E-state index contributed by atoms with van der Waals surface area (Å²) in [5, 5.41) is 13.9. The van der Waals surface area contributed by atoms with E-state index in [4.69, 9.17) is 9.72 Å². The second-order valence-corrected chi connectivity index (χ2v) is 11.7. The second kappa shape index (κ2) is 10.6. The van der Waals surface area contributed by atoms with Crippen molar-refractivity contribution in [3.05, 3.63) is 93.0 Å². The smallest absolute Gasteiger partial charge is 0.339 e. The first kappa shape index (κ1) is 25.3. The summed E-state index contributed by atoms with van der Waals surface area (Å²) in [5.74, 6) is -0.113. The number of nitriles is 1. The van der Waals surface area contributed by atoms with Crippen molar-refractivity contribution in [2.24, 2.45) is 5.92 Å². The number of para-hydroxylation sites is 1. The summed E-state index contributed by atoms with van der Waals surface area (Å²) in [6.07, 6.45) is 5.25. The number of pyridine rings is 1. The molecule has 0 aliphatic heterocycles. The predicted molar refractivity (Wildman–Crippen MR) is 152 cm³/mol. The van der Waals surface area contributed by atoms with Gasteiger partial charge in [-0.05, 0) is 73.1 Å². The highest BCUT2D eigenvalue weighted by molar-refractivity contribution is 7.16. The highest BCUT2D eigenvalue weighted by Crippen LogP contribution is 2.39. The average Bonchev–Trinajstić information content (AvgIpc) is 3.30. The molecule has 1 amide bonds. The third-order valence-corrected chi connectivity index (χ3v) is 9.11. The van der Waals surface area contributed by atoms with Crippen LogP contribution in [0.5, 0.6) is 0 Å². The summed E-state index contributed by atoms with van der Waals surface area (Å²) in [6, 6.07) is 20.2. The number of nitrogens with one attached hydrogen (secondary N) is 1. The van der Waals surface area contributed by atoms with Crippen LogP contribution in [-0.4, -0.2) is 23.5 Å². The Kier molecular flexibility index (Phi) is 6.88. The third-order valence-electron chi connectivity index (χ3n) is 7.94. The lowest BCUT2D eigenvalue weighted by Crippen LogP contribution is -2.23. The lowest BCUT2D eigenvalue weighted by molar-refractivity contribution is -0.119. The topological polar surface area (TPSA) is 92.1 Å². The number of esters is 1. The van der Waals surface area contributed by atoms with Gasteiger partial charge in [0.15, 0.2) is 6.61 Å². The number of thiophene rings is 1. The molecule has 2 aliphatic rings. The van der Waals surface area contributed by atoms with Crippen LogP contribution < -0.4 is 5.32 Å². The standard InChI is InChI=1S/C32H29N3O3S/c1-19-11-13-22-25(17-33)31(39-28(22)15-19)35-29(36)18-38-32(37)30-23-9-5-6-10-26(23)34-27-14-12-21(16-24(27)30)20-7-3-2-4-8-20/h2-10,19,21H,11-16,18H2,1H3,(H,35,36). The molecule has 2 unspecified atom stereocenters. The molecule has 0 fully saturated rings.